The first-order valence-electron chi connectivity index (χ1n) is 10.4. The lowest BCUT2D eigenvalue weighted by Crippen LogP contribution is -2.43. The summed E-state index contributed by atoms with van der Waals surface area (Å²) in [5, 5.41) is 6.09. The van der Waals surface area contributed by atoms with Crippen LogP contribution in [0.5, 0.6) is 0 Å². The van der Waals surface area contributed by atoms with Crippen molar-refractivity contribution in [3.05, 3.63) is 76.2 Å². The molecule has 7 heteroatoms. The zero-order valence-corrected chi connectivity index (χ0v) is 19.0. The number of anilines is 1. The molecule has 0 radical (unpaired) electrons. The van der Waals surface area contributed by atoms with Crippen molar-refractivity contribution in [2.75, 3.05) is 18.4 Å². The van der Waals surface area contributed by atoms with Gasteiger partial charge in [0, 0.05) is 34.8 Å². The second-order valence-electron chi connectivity index (χ2n) is 7.59. The molecular formula is C24H25N3O2S2. The summed E-state index contributed by atoms with van der Waals surface area (Å²) in [6.07, 6.45) is 1.62. The number of thioether (sulfide) groups is 1. The fourth-order valence-electron chi connectivity index (χ4n) is 3.71. The van der Waals surface area contributed by atoms with Gasteiger partial charge < -0.3 is 10.2 Å². The molecule has 2 heterocycles. The van der Waals surface area contributed by atoms with Crippen molar-refractivity contribution in [2.45, 2.75) is 30.4 Å². The van der Waals surface area contributed by atoms with E-state index in [4.69, 9.17) is 0 Å². The molecule has 4 rings (SSSR count). The normalized spacial score (nSPS) is 16.2. The number of hydrogen-bond acceptors (Lipinski definition) is 5. The molecule has 1 fully saturated rings. The maximum absolute atomic E-state index is 13.3. The van der Waals surface area contributed by atoms with Crippen LogP contribution in [0.2, 0.25) is 0 Å². The van der Waals surface area contributed by atoms with E-state index in [-0.39, 0.29) is 17.7 Å². The number of para-hydroxylation sites is 1. The summed E-state index contributed by atoms with van der Waals surface area (Å²) in [6.45, 7) is 3.12. The largest absolute Gasteiger partial charge is 0.338 e. The Morgan fingerprint density at radius 3 is 2.71 bits per heavy atom. The van der Waals surface area contributed by atoms with Crippen LogP contribution in [0.15, 0.2) is 64.9 Å². The highest BCUT2D eigenvalue weighted by molar-refractivity contribution is 7.98. The summed E-state index contributed by atoms with van der Waals surface area (Å²) in [5.74, 6) is 0.507. The van der Waals surface area contributed by atoms with Crippen molar-refractivity contribution in [1.82, 2.24) is 9.88 Å². The van der Waals surface area contributed by atoms with E-state index in [1.807, 2.05) is 66.4 Å². The van der Waals surface area contributed by atoms with Crippen LogP contribution in [0, 0.1) is 12.8 Å². The van der Waals surface area contributed by atoms with E-state index in [9.17, 15) is 9.59 Å². The van der Waals surface area contributed by atoms with Gasteiger partial charge in [0.2, 0.25) is 5.91 Å². The SMILES string of the molecule is Cc1nc(CSc2ccccc2C(=O)N2CCCC(C(=O)Nc3ccccc3)C2)cs1. The molecule has 3 aromatic rings. The predicted molar refractivity (Wildman–Crippen MR) is 127 cm³/mol. The predicted octanol–water partition coefficient (Wildman–Crippen LogP) is 5.23. The second kappa shape index (κ2) is 10.1. The minimum Gasteiger partial charge on any atom is -0.338 e. The van der Waals surface area contributed by atoms with Crippen LogP contribution < -0.4 is 5.32 Å². The number of nitrogens with zero attached hydrogens (tertiary/aromatic N) is 2. The summed E-state index contributed by atoms with van der Waals surface area (Å²) in [6, 6.07) is 17.2. The van der Waals surface area contributed by atoms with Crippen LogP contribution in [-0.4, -0.2) is 34.8 Å². The van der Waals surface area contributed by atoms with E-state index in [0.717, 1.165) is 39.9 Å². The molecular weight excluding hydrogens is 426 g/mol. The number of nitrogens with one attached hydrogen (secondary N) is 1. The van der Waals surface area contributed by atoms with Gasteiger partial charge in [0.1, 0.15) is 0 Å². The van der Waals surface area contributed by atoms with Crippen molar-refractivity contribution in [1.29, 1.82) is 0 Å². The van der Waals surface area contributed by atoms with Gasteiger partial charge in [-0.05, 0) is 44.0 Å². The number of benzene rings is 2. The maximum atomic E-state index is 13.3. The molecule has 0 saturated carbocycles. The Balaban J connectivity index is 1.42. The van der Waals surface area contributed by atoms with Crippen LogP contribution in [0.25, 0.3) is 0 Å². The van der Waals surface area contributed by atoms with Crippen LogP contribution >= 0.6 is 23.1 Å². The lowest BCUT2D eigenvalue weighted by atomic mass is 9.96. The molecule has 1 atom stereocenters. The highest BCUT2D eigenvalue weighted by Crippen LogP contribution is 2.29. The number of likely N-dealkylation sites (tertiary alicyclic amines) is 1. The molecule has 31 heavy (non-hydrogen) atoms. The lowest BCUT2D eigenvalue weighted by molar-refractivity contribution is -0.121. The van der Waals surface area contributed by atoms with Gasteiger partial charge in [-0.15, -0.1) is 23.1 Å². The average Bonchev–Trinajstić information content (AvgIpc) is 3.23. The number of rotatable bonds is 6. The quantitative estimate of drug-likeness (QED) is 0.521. The van der Waals surface area contributed by atoms with E-state index in [1.54, 1.807) is 23.1 Å². The van der Waals surface area contributed by atoms with E-state index in [0.29, 0.717) is 18.7 Å². The Morgan fingerprint density at radius 2 is 1.94 bits per heavy atom. The number of thiazole rings is 1. The summed E-state index contributed by atoms with van der Waals surface area (Å²) in [4.78, 5) is 33.4. The first-order chi connectivity index (χ1) is 15.1. The van der Waals surface area contributed by atoms with E-state index < -0.39 is 0 Å². The first-order valence-corrected chi connectivity index (χ1v) is 12.2. The molecule has 0 aliphatic carbocycles. The number of aryl methyl sites for hydroxylation is 1. The fraction of sp³-hybridized carbons (Fsp3) is 0.292. The van der Waals surface area contributed by atoms with Gasteiger partial charge in [0.25, 0.3) is 5.91 Å². The Bertz CT molecular complexity index is 1050. The average molecular weight is 452 g/mol. The number of amides is 2. The van der Waals surface area contributed by atoms with Crippen LogP contribution in [-0.2, 0) is 10.5 Å². The van der Waals surface area contributed by atoms with Crippen molar-refractivity contribution < 1.29 is 9.59 Å². The summed E-state index contributed by atoms with van der Waals surface area (Å²) < 4.78 is 0. The molecule has 1 unspecified atom stereocenters. The van der Waals surface area contributed by atoms with Crippen LogP contribution in [0.4, 0.5) is 5.69 Å². The molecule has 0 bridgehead atoms. The third kappa shape index (κ3) is 5.54. The van der Waals surface area contributed by atoms with Gasteiger partial charge in [0.15, 0.2) is 0 Å². The van der Waals surface area contributed by atoms with Crippen molar-refractivity contribution in [3.8, 4) is 0 Å². The molecule has 2 aromatic carbocycles. The maximum Gasteiger partial charge on any atom is 0.255 e. The minimum absolute atomic E-state index is 0.00484. The molecule has 2 amide bonds. The van der Waals surface area contributed by atoms with Gasteiger partial charge in [-0.1, -0.05) is 30.3 Å². The number of piperidine rings is 1. The smallest absolute Gasteiger partial charge is 0.255 e. The molecule has 1 N–H and O–H groups in total. The summed E-state index contributed by atoms with van der Waals surface area (Å²) in [7, 11) is 0. The monoisotopic (exact) mass is 451 g/mol. The lowest BCUT2D eigenvalue weighted by Gasteiger charge is -2.32. The topological polar surface area (TPSA) is 62.3 Å². The van der Waals surface area contributed by atoms with Gasteiger partial charge in [-0.3, -0.25) is 9.59 Å². The first kappa shape index (κ1) is 21.6. The second-order valence-corrected chi connectivity index (χ2v) is 9.67. The molecule has 160 valence electrons. The Morgan fingerprint density at radius 1 is 1.16 bits per heavy atom. The van der Waals surface area contributed by atoms with E-state index >= 15 is 0 Å². The molecule has 1 aliphatic rings. The van der Waals surface area contributed by atoms with Gasteiger partial charge in [0.05, 0.1) is 22.2 Å². The minimum atomic E-state index is -0.198. The van der Waals surface area contributed by atoms with Crippen LogP contribution in [0.1, 0.15) is 33.9 Å². The Labute approximate surface area is 190 Å². The number of hydrogen-bond donors (Lipinski definition) is 1. The van der Waals surface area contributed by atoms with Crippen molar-refractivity contribution >= 4 is 40.6 Å². The zero-order chi connectivity index (χ0) is 21.6. The third-order valence-corrected chi connectivity index (χ3v) is 7.21. The van der Waals surface area contributed by atoms with Crippen LogP contribution in [0.3, 0.4) is 0 Å². The van der Waals surface area contributed by atoms with Gasteiger partial charge in [-0.25, -0.2) is 4.98 Å². The number of carbonyl (C=O) groups excluding carboxylic acids is 2. The van der Waals surface area contributed by atoms with Crippen molar-refractivity contribution in [2.24, 2.45) is 5.92 Å². The molecule has 5 nitrogen and oxygen atoms in total. The molecule has 1 aromatic heterocycles. The van der Waals surface area contributed by atoms with E-state index in [1.165, 1.54) is 0 Å². The van der Waals surface area contributed by atoms with Crippen molar-refractivity contribution in [3.63, 3.8) is 0 Å². The third-order valence-electron chi connectivity index (χ3n) is 5.28. The molecule has 0 spiro atoms. The highest BCUT2D eigenvalue weighted by Gasteiger charge is 2.29. The number of aromatic nitrogens is 1. The summed E-state index contributed by atoms with van der Waals surface area (Å²) >= 11 is 3.27. The van der Waals surface area contributed by atoms with Gasteiger partial charge >= 0.3 is 0 Å². The Hall–Kier alpha value is -2.64. The Kier molecular flexibility index (Phi) is 7.04. The molecule has 1 saturated heterocycles. The van der Waals surface area contributed by atoms with E-state index in [2.05, 4.69) is 15.7 Å². The fourth-order valence-corrected chi connectivity index (χ4v) is 5.36. The van der Waals surface area contributed by atoms with Gasteiger partial charge in [-0.2, -0.15) is 0 Å². The number of carbonyl (C=O) groups is 2. The molecule has 1 aliphatic heterocycles. The highest BCUT2D eigenvalue weighted by atomic mass is 32.2. The zero-order valence-electron chi connectivity index (χ0n) is 17.4. The summed E-state index contributed by atoms with van der Waals surface area (Å²) in [5.41, 5.74) is 2.52. The standard InChI is InChI=1S/C24H25N3O2S2/c1-17-25-20(15-30-17)16-31-22-12-6-5-11-21(22)24(29)27-13-7-8-18(14-27)23(28)26-19-9-3-2-4-10-19/h2-6,9-12,15,18H,7-8,13-14,16H2,1H3,(H,26,28).